The third-order valence-corrected chi connectivity index (χ3v) is 7.36. The van der Waals surface area contributed by atoms with E-state index in [0.29, 0.717) is 48.9 Å². The summed E-state index contributed by atoms with van der Waals surface area (Å²) >= 11 is 0. The fourth-order valence-corrected chi connectivity index (χ4v) is 5.17. The largest absolute Gasteiger partial charge is 0.379 e. The molecule has 0 aromatic rings. The molecule has 0 unspecified atom stereocenters. The van der Waals surface area contributed by atoms with Gasteiger partial charge < -0.3 is 28.9 Å². The lowest BCUT2D eigenvalue weighted by molar-refractivity contribution is -0.201. The number of likely N-dealkylation sites (tertiary alicyclic amines) is 2. The number of hydrogen-bond acceptors (Lipinski definition) is 12. The van der Waals surface area contributed by atoms with E-state index in [1.165, 1.54) is 9.80 Å². The van der Waals surface area contributed by atoms with Gasteiger partial charge in [-0.1, -0.05) is 0 Å². The van der Waals surface area contributed by atoms with Gasteiger partial charge in [-0.2, -0.15) is 0 Å². The maximum atomic E-state index is 12.6. The average Bonchev–Trinajstić information content (AvgIpc) is 3.77. The maximum Gasteiger partial charge on any atom is 0.355 e. The van der Waals surface area contributed by atoms with E-state index in [9.17, 15) is 38.4 Å². The van der Waals surface area contributed by atoms with Crippen LogP contribution in [-0.2, 0) is 57.5 Å². The van der Waals surface area contributed by atoms with Gasteiger partial charge >= 0.3 is 11.9 Å². The van der Waals surface area contributed by atoms with E-state index < -0.39 is 47.7 Å². The van der Waals surface area contributed by atoms with Crippen LogP contribution in [0, 0.1) is 0 Å². The van der Waals surface area contributed by atoms with Gasteiger partial charge in [-0.3, -0.25) is 28.8 Å². The molecule has 4 rings (SSSR count). The van der Waals surface area contributed by atoms with Crippen LogP contribution in [0.15, 0.2) is 0 Å². The number of ether oxygens (including phenoxy) is 2. The lowest BCUT2D eigenvalue weighted by atomic mass is 10.2. The predicted octanol–water partition coefficient (Wildman–Crippen LogP) is -1.00. The Bertz CT molecular complexity index is 1010. The summed E-state index contributed by atoms with van der Waals surface area (Å²) in [5.41, 5.74) is 0. The third-order valence-electron chi connectivity index (χ3n) is 7.36. The van der Waals surface area contributed by atoms with Crippen LogP contribution < -0.4 is 0 Å². The van der Waals surface area contributed by atoms with Crippen LogP contribution in [0.2, 0.25) is 0 Å². The van der Waals surface area contributed by atoms with Gasteiger partial charge in [-0.15, -0.1) is 10.1 Å². The van der Waals surface area contributed by atoms with Crippen molar-refractivity contribution in [3.63, 3.8) is 0 Å². The van der Waals surface area contributed by atoms with Gasteiger partial charge in [0.05, 0.1) is 39.3 Å². The summed E-state index contributed by atoms with van der Waals surface area (Å²) in [5, 5.41) is 0.943. The molecule has 0 aromatic heterocycles. The van der Waals surface area contributed by atoms with Gasteiger partial charge in [0, 0.05) is 38.8 Å². The summed E-state index contributed by atoms with van der Waals surface area (Å²) in [7, 11) is 0. The number of carbonyl (C=O) groups excluding carboxylic acids is 8. The van der Waals surface area contributed by atoms with E-state index in [-0.39, 0.29) is 76.8 Å². The van der Waals surface area contributed by atoms with E-state index in [0.717, 1.165) is 0 Å². The standard InChI is InChI=1S/C26H34N4O12/c31-19(27-11-1-3-17(27)25(37)41-29-21(33)5-6-22(29)34)9-13-39-15-16-40-14-10-20(32)28-12-2-4-18(28)26(38)42-30-23(35)7-8-24(30)36/h17-18H,1-16H2/t17-,18-/m0/s1. The van der Waals surface area contributed by atoms with Crippen molar-refractivity contribution in [2.75, 3.05) is 39.5 Å². The van der Waals surface area contributed by atoms with Crippen molar-refractivity contribution in [1.29, 1.82) is 0 Å². The van der Waals surface area contributed by atoms with Gasteiger partial charge in [0.1, 0.15) is 12.1 Å². The van der Waals surface area contributed by atoms with Crippen molar-refractivity contribution < 1.29 is 57.5 Å². The van der Waals surface area contributed by atoms with Crippen LogP contribution in [0.4, 0.5) is 0 Å². The summed E-state index contributed by atoms with van der Waals surface area (Å²) < 4.78 is 10.9. The molecule has 0 radical (unpaired) electrons. The molecular formula is C26H34N4O12. The molecule has 230 valence electrons. The van der Waals surface area contributed by atoms with Gasteiger partial charge in [-0.05, 0) is 25.7 Å². The lowest BCUT2D eigenvalue weighted by Gasteiger charge is -2.24. The molecule has 16 heteroatoms. The minimum absolute atomic E-state index is 0.00487. The summed E-state index contributed by atoms with van der Waals surface area (Å²) in [4.78, 5) is 110. The molecule has 16 nitrogen and oxygen atoms in total. The minimum atomic E-state index is -0.873. The predicted molar refractivity (Wildman–Crippen MR) is 135 cm³/mol. The van der Waals surface area contributed by atoms with E-state index in [4.69, 9.17) is 19.1 Å². The first-order valence-corrected chi connectivity index (χ1v) is 14.1. The second-order valence-corrected chi connectivity index (χ2v) is 10.2. The first kappa shape index (κ1) is 31.0. The van der Waals surface area contributed by atoms with Gasteiger partial charge in [0.25, 0.3) is 23.6 Å². The van der Waals surface area contributed by atoms with Crippen LogP contribution in [0.3, 0.4) is 0 Å². The van der Waals surface area contributed by atoms with Gasteiger partial charge in [-0.25, -0.2) is 9.59 Å². The quantitative estimate of drug-likeness (QED) is 0.187. The molecule has 4 aliphatic rings. The van der Waals surface area contributed by atoms with Crippen LogP contribution in [0.1, 0.15) is 64.2 Å². The Morgan fingerprint density at radius 3 is 1.29 bits per heavy atom. The molecule has 0 saturated carbocycles. The highest BCUT2D eigenvalue weighted by Gasteiger charge is 2.41. The smallest absolute Gasteiger partial charge is 0.355 e. The molecule has 4 saturated heterocycles. The fraction of sp³-hybridized carbons (Fsp3) is 0.692. The van der Waals surface area contributed by atoms with Crippen molar-refractivity contribution in [3.8, 4) is 0 Å². The SMILES string of the molecule is O=C(ON1C(=O)CCC1=O)[C@@H]1CCCN1C(=O)CCOCCOCCC(=O)N1CCC[C@H]1C(=O)ON1C(=O)CCC1=O. The van der Waals surface area contributed by atoms with Crippen molar-refractivity contribution in [2.24, 2.45) is 0 Å². The van der Waals surface area contributed by atoms with Crippen molar-refractivity contribution in [3.05, 3.63) is 0 Å². The number of hydrogen-bond donors (Lipinski definition) is 0. The Labute approximate surface area is 241 Å². The van der Waals surface area contributed by atoms with E-state index >= 15 is 0 Å². The number of rotatable bonds is 13. The number of carbonyl (C=O) groups is 8. The van der Waals surface area contributed by atoms with Gasteiger partial charge in [0.15, 0.2) is 0 Å². The average molecular weight is 595 g/mol. The van der Waals surface area contributed by atoms with Gasteiger partial charge in [0.2, 0.25) is 11.8 Å². The summed E-state index contributed by atoms with van der Waals surface area (Å²) in [6.45, 7) is 1.15. The number of hydroxylamine groups is 4. The fourth-order valence-electron chi connectivity index (χ4n) is 5.17. The second kappa shape index (κ2) is 14.3. The molecular weight excluding hydrogens is 560 g/mol. The monoisotopic (exact) mass is 594 g/mol. The molecule has 4 heterocycles. The molecule has 6 amide bonds. The molecule has 2 atom stereocenters. The Balaban J connectivity index is 1.08. The third kappa shape index (κ3) is 7.47. The number of amides is 6. The summed E-state index contributed by atoms with van der Waals surface area (Å²) in [6, 6.07) is -1.75. The minimum Gasteiger partial charge on any atom is -0.379 e. The molecule has 0 N–H and O–H groups in total. The van der Waals surface area contributed by atoms with E-state index in [1.807, 2.05) is 0 Å². The Morgan fingerprint density at radius 1 is 0.571 bits per heavy atom. The Hall–Kier alpha value is -3.92. The van der Waals surface area contributed by atoms with E-state index in [1.54, 1.807) is 0 Å². The zero-order valence-electron chi connectivity index (χ0n) is 23.2. The molecule has 4 aliphatic heterocycles. The zero-order valence-corrected chi connectivity index (χ0v) is 23.2. The highest BCUT2D eigenvalue weighted by Crippen LogP contribution is 2.23. The highest BCUT2D eigenvalue weighted by molar-refractivity contribution is 6.02. The first-order valence-electron chi connectivity index (χ1n) is 14.1. The normalized spacial score (nSPS) is 22.5. The van der Waals surface area contributed by atoms with Crippen LogP contribution in [0.25, 0.3) is 0 Å². The van der Waals surface area contributed by atoms with Crippen molar-refractivity contribution >= 4 is 47.4 Å². The summed E-state index contributed by atoms with van der Waals surface area (Å²) in [6.07, 6.45) is 1.85. The van der Waals surface area contributed by atoms with Crippen molar-refractivity contribution in [1.82, 2.24) is 19.9 Å². The Morgan fingerprint density at radius 2 is 0.929 bits per heavy atom. The topological polar surface area (TPSA) is 186 Å². The molecule has 0 aromatic carbocycles. The maximum absolute atomic E-state index is 12.6. The molecule has 0 aliphatic carbocycles. The molecule has 0 bridgehead atoms. The van der Waals surface area contributed by atoms with Crippen LogP contribution in [-0.4, -0.2) is 119 Å². The highest BCUT2D eigenvalue weighted by atomic mass is 16.7. The summed E-state index contributed by atoms with van der Waals surface area (Å²) in [5.74, 6) is -4.61. The van der Waals surface area contributed by atoms with Crippen molar-refractivity contribution in [2.45, 2.75) is 76.3 Å². The first-order chi connectivity index (χ1) is 20.2. The van der Waals surface area contributed by atoms with E-state index in [2.05, 4.69) is 0 Å². The zero-order chi connectivity index (χ0) is 30.2. The van der Waals surface area contributed by atoms with Crippen LogP contribution in [0.5, 0.6) is 0 Å². The molecule has 4 fully saturated rings. The Kier molecular flexibility index (Phi) is 10.6. The molecule has 0 spiro atoms. The number of nitrogens with zero attached hydrogens (tertiary/aromatic N) is 4. The molecule has 42 heavy (non-hydrogen) atoms. The van der Waals surface area contributed by atoms with Crippen LogP contribution >= 0.6 is 0 Å². The number of imide groups is 2. The lowest BCUT2D eigenvalue weighted by Crippen LogP contribution is -2.45. The second-order valence-electron chi connectivity index (χ2n) is 10.2.